The molecule has 0 aromatic heterocycles. The molecule has 20 heavy (non-hydrogen) atoms. The van der Waals surface area contributed by atoms with Crippen LogP contribution in [0.4, 0.5) is 5.69 Å². The molecule has 0 aliphatic heterocycles. The molecular formula is C17H19NO2. The van der Waals surface area contributed by atoms with Gasteiger partial charge in [-0.2, -0.15) is 0 Å². The second-order valence-electron chi connectivity index (χ2n) is 4.71. The third-order valence-electron chi connectivity index (χ3n) is 3.19. The summed E-state index contributed by atoms with van der Waals surface area (Å²) in [5, 5.41) is 2.94. The van der Waals surface area contributed by atoms with Gasteiger partial charge in [0.15, 0.2) is 0 Å². The van der Waals surface area contributed by atoms with Crippen LogP contribution in [0.15, 0.2) is 48.5 Å². The lowest BCUT2D eigenvalue weighted by Crippen LogP contribution is -2.13. The van der Waals surface area contributed by atoms with E-state index in [1.54, 1.807) is 7.11 Å². The van der Waals surface area contributed by atoms with Crippen LogP contribution in [-0.4, -0.2) is 13.0 Å². The van der Waals surface area contributed by atoms with Crippen molar-refractivity contribution in [3.05, 3.63) is 59.7 Å². The van der Waals surface area contributed by atoms with E-state index < -0.39 is 0 Å². The first-order valence-corrected chi connectivity index (χ1v) is 6.67. The fourth-order valence-electron chi connectivity index (χ4n) is 2.01. The van der Waals surface area contributed by atoms with Crippen molar-refractivity contribution < 1.29 is 9.53 Å². The van der Waals surface area contributed by atoms with Gasteiger partial charge in [0.25, 0.3) is 0 Å². The molecule has 0 atom stereocenters. The molecule has 1 amide bonds. The van der Waals surface area contributed by atoms with Crippen LogP contribution < -0.4 is 10.1 Å². The van der Waals surface area contributed by atoms with Crippen molar-refractivity contribution in [1.29, 1.82) is 0 Å². The van der Waals surface area contributed by atoms with E-state index in [9.17, 15) is 4.79 Å². The number of nitrogens with one attached hydrogen (secondary N) is 1. The van der Waals surface area contributed by atoms with Crippen molar-refractivity contribution in [3.8, 4) is 5.75 Å². The molecule has 1 N–H and O–H groups in total. The van der Waals surface area contributed by atoms with Gasteiger partial charge in [0.2, 0.25) is 5.91 Å². The monoisotopic (exact) mass is 269 g/mol. The largest absolute Gasteiger partial charge is 0.497 e. The maximum absolute atomic E-state index is 12.0. The summed E-state index contributed by atoms with van der Waals surface area (Å²) in [4.78, 5) is 12.0. The van der Waals surface area contributed by atoms with Crippen molar-refractivity contribution in [3.63, 3.8) is 0 Å². The number of carbonyl (C=O) groups excluding carboxylic acids is 1. The second-order valence-corrected chi connectivity index (χ2v) is 4.71. The smallest absolute Gasteiger partial charge is 0.224 e. The average Bonchev–Trinajstić information content (AvgIpc) is 2.48. The number of hydrogen-bond donors (Lipinski definition) is 1. The van der Waals surface area contributed by atoms with Crippen LogP contribution in [-0.2, 0) is 11.2 Å². The van der Waals surface area contributed by atoms with Crippen molar-refractivity contribution in [2.45, 2.75) is 19.8 Å². The van der Waals surface area contributed by atoms with Gasteiger partial charge in [-0.05, 0) is 42.7 Å². The molecule has 0 saturated heterocycles. The minimum Gasteiger partial charge on any atom is -0.497 e. The van der Waals surface area contributed by atoms with E-state index in [0.717, 1.165) is 22.6 Å². The molecule has 104 valence electrons. The Labute approximate surface area is 119 Å². The number of amides is 1. The molecule has 0 fully saturated rings. The van der Waals surface area contributed by atoms with Gasteiger partial charge in [-0.1, -0.05) is 30.3 Å². The third kappa shape index (κ3) is 3.85. The number of methoxy groups -OCH3 is 1. The molecule has 0 bridgehead atoms. The van der Waals surface area contributed by atoms with Crippen molar-refractivity contribution in [2.75, 3.05) is 12.4 Å². The highest BCUT2D eigenvalue weighted by atomic mass is 16.5. The van der Waals surface area contributed by atoms with E-state index in [-0.39, 0.29) is 5.91 Å². The Bertz CT molecular complexity index is 593. The molecule has 2 aromatic rings. The van der Waals surface area contributed by atoms with E-state index in [1.807, 2.05) is 55.5 Å². The number of carbonyl (C=O) groups is 1. The number of rotatable bonds is 5. The van der Waals surface area contributed by atoms with Crippen LogP contribution in [0.2, 0.25) is 0 Å². The molecule has 3 heteroatoms. The van der Waals surface area contributed by atoms with Crippen molar-refractivity contribution in [1.82, 2.24) is 0 Å². The second kappa shape index (κ2) is 6.75. The Morgan fingerprint density at radius 1 is 1.15 bits per heavy atom. The van der Waals surface area contributed by atoms with Crippen LogP contribution >= 0.6 is 0 Å². The van der Waals surface area contributed by atoms with Gasteiger partial charge in [0, 0.05) is 12.1 Å². The number of ether oxygens (including phenoxy) is 1. The number of benzene rings is 2. The van der Waals surface area contributed by atoms with Crippen LogP contribution in [0, 0.1) is 6.92 Å². The standard InChI is InChI=1S/C17H19NO2/c1-13-6-3-4-9-16(13)18-17(19)11-10-14-7-5-8-15(12-14)20-2/h3-9,12H,10-11H2,1-2H3,(H,18,19). The highest BCUT2D eigenvalue weighted by molar-refractivity contribution is 5.91. The molecule has 0 spiro atoms. The topological polar surface area (TPSA) is 38.3 Å². The lowest BCUT2D eigenvalue weighted by Gasteiger charge is -2.08. The minimum absolute atomic E-state index is 0.0297. The molecule has 2 aromatic carbocycles. The Morgan fingerprint density at radius 2 is 1.95 bits per heavy atom. The van der Waals surface area contributed by atoms with Gasteiger partial charge >= 0.3 is 0 Å². The zero-order chi connectivity index (χ0) is 14.4. The number of anilines is 1. The summed E-state index contributed by atoms with van der Waals surface area (Å²) < 4.78 is 5.17. The summed E-state index contributed by atoms with van der Waals surface area (Å²) in [6.45, 7) is 1.98. The quantitative estimate of drug-likeness (QED) is 0.901. The highest BCUT2D eigenvalue weighted by Gasteiger charge is 2.05. The zero-order valence-electron chi connectivity index (χ0n) is 11.8. The molecule has 0 heterocycles. The Hall–Kier alpha value is -2.29. The van der Waals surface area contributed by atoms with Gasteiger partial charge in [0.05, 0.1) is 7.11 Å². The average molecular weight is 269 g/mol. The molecule has 0 aliphatic rings. The number of hydrogen-bond acceptors (Lipinski definition) is 2. The minimum atomic E-state index is 0.0297. The van der Waals surface area contributed by atoms with E-state index in [1.165, 1.54) is 0 Å². The predicted molar refractivity (Wildman–Crippen MR) is 81.1 cm³/mol. The van der Waals surface area contributed by atoms with Gasteiger partial charge in [-0.15, -0.1) is 0 Å². The van der Waals surface area contributed by atoms with Gasteiger partial charge < -0.3 is 10.1 Å². The maximum Gasteiger partial charge on any atom is 0.224 e. The fourth-order valence-corrected chi connectivity index (χ4v) is 2.01. The zero-order valence-corrected chi connectivity index (χ0v) is 11.8. The highest BCUT2D eigenvalue weighted by Crippen LogP contribution is 2.16. The summed E-state index contributed by atoms with van der Waals surface area (Å²) in [7, 11) is 1.64. The third-order valence-corrected chi connectivity index (χ3v) is 3.19. The molecular weight excluding hydrogens is 250 g/mol. The van der Waals surface area contributed by atoms with Crippen LogP contribution in [0.3, 0.4) is 0 Å². The Kier molecular flexibility index (Phi) is 4.77. The molecule has 0 unspecified atom stereocenters. The first kappa shape index (κ1) is 14.1. The molecule has 0 aliphatic carbocycles. The Morgan fingerprint density at radius 3 is 2.70 bits per heavy atom. The Balaban J connectivity index is 1.90. The normalized spacial score (nSPS) is 10.1. The summed E-state index contributed by atoms with van der Waals surface area (Å²) >= 11 is 0. The molecule has 0 saturated carbocycles. The van der Waals surface area contributed by atoms with Gasteiger partial charge in [0.1, 0.15) is 5.75 Å². The first-order chi connectivity index (χ1) is 9.69. The lowest BCUT2D eigenvalue weighted by atomic mass is 10.1. The number of aryl methyl sites for hydroxylation is 2. The predicted octanol–water partition coefficient (Wildman–Crippen LogP) is 3.57. The van der Waals surface area contributed by atoms with Crippen LogP contribution in [0.25, 0.3) is 0 Å². The van der Waals surface area contributed by atoms with E-state index in [4.69, 9.17) is 4.74 Å². The van der Waals surface area contributed by atoms with Crippen LogP contribution in [0.5, 0.6) is 5.75 Å². The van der Waals surface area contributed by atoms with E-state index >= 15 is 0 Å². The van der Waals surface area contributed by atoms with Gasteiger partial charge in [-0.3, -0.25) is 4.79 Å². The van der Waals surface area contributed by atoms with Gasteiger partial charge in [-0.25, -0.2) is 0 Å². The molecule has 3 nitrogen and oxygen atoms in total. The van der Waals surface area contributed by atoms with Crippen LogP contribution in [0.1, 0.15) is 17.5 Å². The summed E-state index contributed by atoms with van der Waals surface area (Å²) in [6, 6.07) is 15.6. The maximum atomic E-state index is 12.0. The fraction of sp³-hybridized carbons (Fsp3) is 0.235. The summed E-state index contributed by atoms with van der Waals surface area (Å²) in [5.41, 5.74) is 3.05. The van der Waals surface area contributed by atoms with Crippen molar-refractivity contribution >= 4 is 11.6 Å². The first-order valence-electron chi connectivity index (χ1n) is 6.67. The lowest BCUT2D eigenvalue weighted by molar-refractivity contribution is -0.116. The summed E-state index contributed by atoms with van der Waals surface area (Å²) in [6.07, 6.45) is 1.16. The van der Waals surface area contributed by atoms with E-state index in [2.05, 4.69) is 5.32 Å². The molecule has 2 rings (SSSR count). The summed E-state index contributed by atoms with van der Waals surface area (Å²) in [5.74, 6) is 0.851. The SMILES string of the molecule is COc1cccc(CCC(=O)Nc2ccccc2C)c1. The van der Waals surface area contributed by atoms with Crippen molar-refractivity contribution in [2.24, 2.45) is 0 Å². The number of para-hydroxylation sites is 1. The van der Waals surface area contributed by atoms with E-state index in [0.29, 0.717) is 12.8 Å². The molecule has 0 radical (unpaired) electrons.